The molecule has 0 spiro atoms. The predicted octanol–water partition coefficient (Wildman–Crippen LogP) is 6.27. The molecule has 0 saturated carbocycles. The number of halogens is 1. The van der Waals surface area contributed by atoms with E-state index in [1.54, 1.807) is 0 Å². The van der Waals surface area contributed by atoms with Gasteiger partial charge in [0.05, 0.1) is 0 Å². The number of aromatic nitrogens is 3. The van der Waals surface area contributed by atoms with Gasteiger partial charge in [-0.15, -0.1) is 0 Å². The van der Waals surface area contributed by atoms with E-state index >= 15 is 0 Å². The summed E-state index contributed by atoms with van der Waals surface area (Å²) in [5.74, 6) is 1.34. The summed E-state index contributed by atoms with van der Waals surface area (Å²) in [5.41, 5.74) is 7.21. The Morgan fingerprint density at radius 1 is 0.643 bits per heavy atom. The highest BCUT2D eigenvalue weighted by Crippen LogP contribution is 2.49. The molecule has 4 heteroatoms. The monoisotopic (exact) mass is 427 g/mol. The summed E-state index contributed by atoms with van der Waals surface area (Å²) in [6, 6.07) is 25.2. The molecule has 5 rings (SSSR count). The smallest absolute Gasteiger partial charge is 0.200 e. The highest BCUT2D eigenvalue weighted by atomic mass is 79.9. The van der Waals surface area contributed by atoms with Crippen molar-refractivity contribution in [3.8, 4) is 33.9 Å². The molecule has 1 heterocycles. The molecule has 28 heavy (non-hydrogen) atoms. The third-order valence-electron chi connectivity index (χ3n) is 5.48. The van der Waals surface area contributed by atoms with Gasteiger partial charge < -0.3 is 0 Å². The SMILES string of the molecule is CC1(C)c2ccccc2-c2ccc(-c3nc(Br)nc(-c4ccccc4)n3)cc21. The number of hydrogen-bond donors (Lipinski definition) is 0. The van der Waals surface area contributed by atoms with Gasteiger partial charge in [0, 0.05) is 16.5 Å². The number of nitrogens with zero attached hydrogens (tertiary/aromatic N) is 3. The lowest BCUT2D eigenvalue weighted by atomic mass is 9.82. The molecule has 136 valence electrons. The second-order valence-corrected chi connectivity index (χ2v) is 8.26. The Labute approximate surface area is 172 Å². The third-order valence-corrected chi connectivity index (χ3v) is 5.84. The zero-order valence-corrected chi connectivity index (χ0v) is 17.2. The standard InChI is InChI=1S/C24H18BrN3/c1-24(2)19-11-7-6-10-17(19)18-13-12-16(14-20(18)24)22-26-21(27-23(25)28-22)15-8-4-3-5-9-15/h3-14H,1-2H3. The minimum atomic E-state index is -0.0472. The molecule has 0 fully saturated rings. The number of hydrogen-bond acceptors (Lipinski definition) is 3. The first-order chi connectivity index (χ1) is 13.5. The molecule has 4 aromatic rings. The van der Waals surface area contributed by atoms with Crippen molar-refractivity contribution in [1.29, 1.82) is 0 Å². The van der Waals surface area contributed by atoms with Gasteiger partial charge in [0.15, 0.2) is 11.6 Å². The molecule has 0 radical (unpaired) electrons. The van der Waals surface area contributed by atoms with E-state index in [1.807, 2.05) is 30.3 Å². The maximum Gasteiger partial charge on any atom is 0.200 e. The number of fused-ring (bicyclic) bond motifs is 3. The lowest BCUT2D eigenvalue weighted by Gasteiger charge is -2.21. The zero-order valence-electron chi connectivity index (χ0n) is 15.6. The molecule has 0 bridgehead atoms. The molecular formula is C24H18BrN3. The summed E-state index contributed by atoms with van der Waals surface area (Å²) >= 11 is 3.45. The molecule has 3 nitrogen and oxygen atoms in total. The van der Waals surface area contributed by atoms with Crippen molar-refractivity contribution in [3.63, 3.8) is 0 Å². The van der Waals surface area contributed by atoms with Crippen LogP contribution in [-0.4, -0.2) is 15.0 Å². The van der Waals surface area contributed by atoms with E-state index in [0.717, 1.165) is 11.1 Å². The van der Waals surface area contributed by atoms with Crippen LogP contribution in [0.1, 0.15) is 25.0 Å². The molecule has 0 aliphatic heterocycles. The van der Waals surface area contributed by atoms with Crippen LogP contribution < -0.4 is 0 Å². The van der Waals surface area contributed by atoms with Crippen LogP contribution in [0.15, 0.2) is 77.5 Å². The van der Waals surface area contributed by atoms with Crippen molar-refractivity contribution in [2.75, 3.05) is 0 Å². The number of benzene rings is 3. The maximum atomic E-state index is 4.74. The third kappa shape index (κ3) is 2.68. The van der Waals surface area contributed by atoms with Crippen LogP contribution >= 0.6 is 15.9 Å². The molecule has 0 atom stereocenters. The summed E-state index contributed by atoms with van der Waals surface area (Å²) < 4.78 is 0.541. The fourth-order valence-corrected chi connectivity index (χ4v) is 4.37. The second-order valence-electron chi connectivity index (χ2n) is 7.55. The van der Waals surface area contributed by atoms with Crippen LogP contribution in [0, 0.1) is 0 Å². The maximum absolute atomic E-state index is 4.74. The summed E-state index contributed by atoms with van der Waals surface area (Å²) in [7, 11) is 0. The first-order valence-corrected chi connectivity index (χ1v) is 10.0. The van der Waals surface area contributed by atoms with E-state index in [0.29, 0.717) is 16.4 Å². The molecule has 0 saturated heterocycles. The van der Waals surface area contributed by atoms with Crippen molar-refractivity contribution in [1.82, 2.24) is 15.0 Å². The van der Waals surface area contributed by atoms with Crippen LogP contribution in [-0.2, 0) is 5.41 Å². The molecular weight excluding hydrogens is 410 g/mol. The van der Waals surface area contributed by atoms with Crippen molar-refractivity contribution < 1.29 is 0 Å². The van der Waals surface area contributed by atoms with E-state index < -0.39 is 0 Å². The first-order valence-electron chi connectivity index (χ1n) is 9.26. The molecule has 0 unspecified atom stereocenters. The minimum absolute atomic E-state index is 0.0472. The molecule has 1 aliphatic carbocycles. The lowest BCUT2D eigenvalue weighted by Crippen LogP contribution is -2.15. The Balaban J connectivity index is 1.65. The van der Waals surface area contributed by atoms with E-state index in [1.165, 1.54) is 22.3 Å². The van der Waals surface area contributed by atoms with Crippen molar-refractivity contribution >= 4 is 15.9 Å². The van der Waals surface area contributed by atoms with Gasteiger partial charge in [-0.2, -0.15) is 0 Å². The Morgan fingerprint density at radius 2 is 1.29 bits per heavy atom. The predicted molar refractivity (Wildman–Crippen MR) is 116 cm³/mol. The average Bonchev–Trinajstić information content (AvgIpc) is 2.95. The van der Waals surface area contributed by atoms with Crippen molar-refractivity contribution in [3.05, 3.63) is 88.7 Å². The van der Waals surface area contributed by atoms with Gasteiger partial charge in [0.2, 0.25) is 4.73 Å². The lowest BCUT2D eigenvalue weighted by molar-refractivity contribution is 0.660. The van der Waals surface area contributed by atoms with Gasteiger partial charge in [-0.25, -0.2) is 15.0 Å². The van der Waals surface area contributed by atoms with Gasteiger partial charge >= 0.3 is 0 Å². The molecule has 1 aromatic heterocycles. The Morgan fingerprint density at radius 3 is 2.07 bits per heavy atom. The number of rotatable bonds is 2. The van der Waals surface area contributed by atoms with Gasteiger partial charge in [-0.05, 0) is 44.3 Å². The van der Waals surface area contributed by atoms with E-state index in [-0.39, 0.29) is 5.41 Å². The largest absolute Gasteiger partial charge is 0.208 e. The second kappa shape index (κ2) is 6.35. The van der Waals surface area contributed by atoms with Crippen LogP contribution in [0.25, 0.3) is 33.9 Å². The minimum Gasteiger partial charge on any atom is -0.208 e. The fourth-order valence-electron chi connectivity index (χ4n) is 4.04. The fraction of sp³-hybridized carbons (Fsp3) is 0.125. The van der Waals surface area contributed by atoms with Gasteiger partial charge in [0.25, 0.3) is 0 Å². The van der Waals surface area contributed by atoms with Gasteiger partial charge in [-0.3, -0.25) is 0 Å². The van der Waals surface area contributed by atoms with Gasteiger partial charge in [0.1, 0.15) is 0 Å². The molecule has 3 aromatic carbocycles. The average molecular weight is 428 g/mol. The summed E-state index contributed by atoms with van der Waals surface area (Å²) in [6.45, 7) is 4.56. The first kappa shape index (κ1) is 17.3. The Hall–Kier alpha value is -2.85. The van der Waals surface area contributed by atoms with Crippen LogP contribution in [0.4, 0.5) is 0 Å². The molecule has 0 N–H and O–H groups in total. The summed E-state index contributed by atoms with van der Waals surface area (Å²) in [4.78, 5) is 13.7. The van der Waals surface area contributed by atoms with E-state index in [9.17, 15) is 0 Å². The highest BCUT2D eigenvalue weighted by Gasteiger charge is 2.35. The van der Waals surface area contributed by atoms with Crippen molar-refractivity contribution in [2.24, 2.45) is 0 Å². The van der Waals surface area contributed by atoms with Gasteiger partial charge in [-0.1, -0.05) is 80.6 Å². The Bertz CT molecular complexity index is 1200. The quantitative estimate of drug-likeness (QED) is 0.378. The van der Waals surface area contributed by atoms with E-state index in [4.69, 9.17) is 4.98 Å². The highest BCUT2D eigenvalue weighted by molar-refractivity contribution is 9.10. The summed E-state index contributed by atoms with van der Waals surface area (Å²) in [5, 5.41) is 0. The van der Waals surface area contributed by atoms with E-state index in [2.05, 4.69) is 82.2 Å². The Kier molecular flexibility index (Phi) is 3.91. The van der Waals surface area contributed by atoms with Crippen LogP contribution in [0.5, 0.6) is 0 Å². The topological polar surface area (TPSA) is 38.7 Å². The van der Waals surface area contributed by atoms with Crippen molar-refractivity contribution in [2.45, 2.75) is 19.3 Å². The zero-order chi connectivity index (χ0) is 19.3. The molecule has 1 aliphatic rings. The molecule has 0 amide bonds. The van der Waals surface area contributed by atoms with Crippen LogP contribution in [0.3, 0.4) is 0 Å². The normalized spacial score (nSPS) is 13.8. The van der Waals surface area contributed by atoms with Crippen LogP contribution in [0.2, 0.25) is 0 Å². The summed E-state index contributed by atoms with van der Waals surface area (Å²) in [6.07, 6.45) is 0.